The summed E-state index contributed by atoms with van der Waals surface area (Å²) in [6.07, 6.45) is 4.16. The lowest BCUT2D eigenvalue weighted by atomic mass is 9.75. The molecule has 0 bridgehead atoms. The molecular formula is C15H18N4O5. The van der Waals surface area contributed by atoms with Gasteiger partial charge >= 0.3 is 0 Å². The number of nitrogens with zero attached hydrogens (tertiary/aromatic N) is 3. The van der Waals surface area contributed by atoms with Gasteiger partial charge in [0.15, 0.2) is 12.0 Å². The van der Waals surface area contributed by atoms with Crippen LogP contribution in [0.1, 0.15) is 0 Å². The predicted molar refractivity (Wildman–Crippen MR) is 83.0 cm³/mol. The van der Waals surface area contributed by atoms with Crippen molar-refractivity contribution in [2.24, 2.45) is 15.6 Å². The Kier molecular flexibility index (Phi) is 3.53. The molecule has 24 heavy (non-hydrogen) atoms. The van der Waals surface area contributed by atoms with Crippen LogP contribution in [-0.4, -0.2) is 81.8 Å². The van der Waals surface area contributed by atoms with Gasteiger partial charge in [0.25, 0.3) is 0 Å². The zero-order valence-electron chi connectivity index (χ0n) is 12.7. The molecule has 3 heterocycles. The van der Waals surface area contributed by atoms with E-state index in [1.165, 1.54) is 17.3 Å². The first-order valence-corrected chi connectivity index (χ1v) is 7.73. The lowest BCUT2D eigenvalue weighted by molar-refractivity contribution is -0.120. The molecule has 9 heteroatoms. The van der Waals surface area contributed by atoms with Gasteiger partial charge in [0.2, 0.25) is 0 Å². The second kappa shape index (κ2) is 5.49. The van der Waals surface area contributed by atoms with Crippen LogP contribution < -0.4 is 5.43 Å². The van der Waals surface area contributed by atoms with E-state index in [2.05, 4.69) is 15.6 Å². The van der Waals surface area contributed by atoms with Crippen molar-refractivity contribution < 1.29 is 24.9 Å². The van der Waals surface area contributed by atoms with Gasteiger partial charge in [-0.05, 0) is 6.08 Å². The van der Waals surface area contributed by atoms with E-state index in [1.54, 1.807) is 12.2 Å². The highest BCUT2D eigenvalue weighted by Crippen LogP contribution is 2.38. The van der Waals surface area contributed by atoms with Gasteiger partial charge in [-0.2, -0.15) is 10.2 Å². The number of aliphatic hydroxyl groups excluding tert-OH is 3. The summed E-state index contributed by atoms with van der Waals surface area (Å²) in [7, 11) is 0. The minimum absolute atomic E-state index is 0.102. The summed E-state index contributed by atoms with van der Waals surface area (Å²) < 4.78 is 5.53. The molecule has 1 fully saturated rings. The average molecular weight is 334 g/mol. The maximum atomic E-state index is 12.3. The number of nitrogens with one attached hydrogen (secondary N) is 1. The van der Waals surface area contributed by atoms with Gasteiger partial charge in [-0.15, -0.1) is 0 Å². The van der Waals surface area contributed by atoms with E-state index in [1.807, 2.05) is 6.08 Å². The summed E-state index contributed by atoms with van der Waals surface area (Å²) in [4.78, 5) is 12.3. The van der Waals surface area contributed by atoms with Crippen LogP contribution in [0.15, 0.2) is 34.5 Å². The Morgan fingerprint density at radius 2 is 2.21 bits per heavy atom. The van der Waals surface area contributed by atoms with Crippen LogP contribution in [0.5, 0.6) is 0 Å². The number of carbonyl (C=O) groups is 1. The summed E-state index contributed by atoms with van der Waals surface area (Å²) in [6, 6.07) is -0.561. The van der Waals surface area contributed by atoms with Gasteiger partial charge < -0.3 is 20.1 Å². The minimum Gasteiger partial charge on any atom is -0.394 e. The number of hydrazone groups is 2. The van der Waals surface area contributed by atoms with Gasteiger partial charge in [-0.25, -0.2) is 0 Å². The summed E-state index contributed by atoms with van der Waals surface area (Å²) in [5.41, 5.74) is 2.76. The number of carbonyl (C=O) groups excluding carboxylic acids is 1. The number of allylic oxidation sites excluding steroid dienone is 2. The third-order valence-electron chi connectivity index (χ3n) is 4.92. The van der Waals surface area contributed by atoms with Crippen molar-refractivity contribution in [1.29, 1.82) is 0 Å². The Morgan fingerprint density at radius 3 is 2.96 bits per heavy atom. The molecule has 6 atom stereocenters. The van der Waals surface area contributed by atoms with Crippen molar-refractivity contribution in [2.45, 2.75) is 30.6 Å². The SMILES string of the molecule is O=C1C=CC=CC23CN([C@@H]4O[C@H](CO)[C@@H](O)[C@H]4O)N=CC2=NNC13. The average Bonchev–Trinajstić information content (AvgIpc) is 3.05. The van der Waals surface area contributed by atoms with Crippen LogP contribution in [0.4, 0.5) is 0 Å². The molecule has 4 rings (SSSR count). The highest BCUT2D eigenvalue weighted by molar-refractivity contribution is 6.36. The molecule has 9 nitrogen and oxygen atoms in total. The fourth-order valence-electron chi connectivity index (χ4n) is 3.57. The van der Waals surface area contributed by atoms with Crippen molar-refractivity contribution in [2.75, 3.05) is 13.2 Å². The molecule has 0 amide bonds. The van der Waals surface area contributed by atoms with Crippen LogP contribution >= 0.6 is 0 Å². The summed E-state index contributed by atoms with van der Waals surface area (Å²) in [6.45, 7) is -0.160. The number of hydrogen-bond donors (Lipinski definition) is 4. The molecule has 0 radical (unpaired) electrons. The largest absolute Gasteiger partial charge is 0.394 e. The van der Waals surface area contributed by atoms with E-state index in [0.29, 0.717) is 5.71 Å². The Balaban J connectivity index is 1.65. The topological polar surface area (TPSA) is 127 Å². The molecular weight excluding hydrogens is 316 g/mol. The summed E-state index contributed by atoms with van der Waals surface area (Å²) in [5.74, 6) is -0.102. The molecule has 0 aromatic heterocycles. The minimum atomic E-state index is -1.22. The third kappa shape index (κ3) is 2.06. The van der Waals surface area contributed by atoms with Gasteiger partial charge in [0.1, 0.15) is 24.4 Å². The molecule has 4 aliphatic rings. The number of aliphatic hydroxyl groups is 3. The van der Waals surface area contributed by atoms with Crippen LogP contribution in [0.2, 0.25) is 0 Å². The number of hydrogen-bond acceptors (Lipinski definition) is 9. The van der Waals surface area contributed by atoms with Crippen molar-refractivity contribution in [3.8, 4) is 0 Å². The first-order chi connectivity index (χ1) is 11.6. The van der Waals surface area contributed by atoms with E-state index < -0.39 is 42.6 Å². The standard InChI is InChI=1S/C15H18N4O5/c20-6-9-11(22)12(23)14(24-9)19-7-15-4-2-1-3-8(21)13(15)18-17-10(15)5-16-19/h1-5,9,11-14,18,20,22-23H,6-7H2/t9-,11-,12-,13?,14-,15?/m1/s1. The zero-order valence-corrected chi connectivity index (χ0v) is 12.7. The van der Waals surface area contributed by atoms with Crippen LogP contribution in [0, 0.1) is 5.41 Å². The van der Waals surface area contributed by atoms with Gasteiger partial charge in [-0.1, -0.05) is 18.2 Å². The maximum absolute atomic E-state index is 12.3. The zero-order chi connectivity index (χ0) is 16.9. The van der Waals surface area contributed by atoms with Crippen molar-refractivity contribution >= 4 is 17.7 Å². The van der Waals surface area contributed by atoms with E-state index in [-0.39, 0.29) is 12.3 Å². The van der Waals surface area contributed by atoms with Gasteiger partial charge in [0, 0.05) is 0 Å². The smallest absolute Gasteiger partial charge is 0.180 e. The van der Waals surface area contributed by atoms with Crippen LogP contribution in [0.25, 0.3) is 0 Å². The third-order valence-corrected chi connectivity index (χ3v) is 4.92. The van der Waals surface area contributed by atoms with E-state index in [4.69, 9.17) is 4.74 Å². The molecule has 0 aromatic carbocycles. The molecule has 128 valence electrons. The van der Waals surface area contributed by atoms with E-state index in [0.717, 1.165) is 0 Å². The van der Waals surface area contributed by atoms with Gasteiger partial charge in [0.05, 0.1) is 30.5 Å². The van der Waals surface area contributed by atoms with Crippen molar-refractivity contribution in [3.05, 3.63) is 24.3 Å². The van der Waals surface area contributed by atoms with Crippen LogP contribution in [-0.2, 0) is 9.53 Å². The second-order valence-electron chi connectivity index (χ2n) is 6.29. The first-order valence-electron chi connectivity index (χ1n) is 7.73. The Morgan fingerprint density at radius 1 is 1.38 bits per heavy atom. The second-order valence-corrected chi connectivity index (χ2v) is 6.29. The number of ketones is 1. The summed E-state index contributed by atoms with van der Waals surface area (Å²) >= 11 is 0. The van der Waals surface area contributed by atoms with Crippen molar-refractivity contribution in [1.82, 2.24) is 10.4 Å². The van der Waals surface area contributed by atoms with E-state index >= 15 is 0 Å². The lowest BCUT2D eigenvalue weighted by Gasteiger charge is -2.40. The molecule has 3 aliphatic heterocycles. The Bertz CT molecular complexity index is 675. The Hall–Kier alpha value is -2.07. The normalized spacial score (nSPS) is 43.3. The van der Waals surface area contributed by atoms with Crippen molar-refractivity contribution in [3.63, 3.8) is 0 Å². The van der Waals surface area contributed by atoms with E-state index in [9.17, 15) is 20.1 Å². The molecule has 1 spiro atoms. The molecule has 4 N–H and O–H groups in total. The van der Waals surface area contributed by atoms with Crippen LogP contribution in [0.3, 0.4) is 0 Å². The lowest BCUT2D eigenvalue weighted by Crippen LogP contribution is -2.56. The maximum Gasteiger partial charge on any atom is 0.180 e. The van der Waals surface area contributed by atoms with Gasteiger partial charge in [-0.3, -0.25) is 15.2 Å². The molecule has 1 aliphatic carbocycles. The summed E-state index contributed by atoms with van der Waals surface area (Å²) in [5, 5.41) is 39.3. The molecule has 0 saturated carbocycles. The monoisotopic (exact) mass is 334 g/mol. The quantitative estimate of drug-likeness (QED) is 0.449. The number of rotatable bonds is 2. The fourth-order valence-corrected chi connectivity index (χ4v) is 3.57. The fraction of sp³-hybridized carbons (Fsp3) is 0.533. The molecule has 2 unspecified atom stereocenters. The Labute approximate surface area is 137 Å². The molecule has 1 saturated heterocycles. The number of ether oxygens (including phenoxy) is 1. The highest BCUT2D eigenvalue weighted by atomic mass is 16.6. The predicted octanol–water partition coefficient (Wildman–Crippen LogP) is -2.26. The highest BCUT2D eigenvalue weighted by Gasteiger charge is 2.54. The molecule has 0 aromatic rings. The first kappa shape index (κ1) is 15.5.